The summed E-state index contributed by atoms with van der Waals surface area (Å²) in [6.45, 7) is 1.32. The lowest BCUT2D eigenvalue weighted by atomic mass is 10.2. The normalized spacial score (nSPS) is 9.56. The Morgan fingerprint density at radius 1 is 1.56 bits per heavy atom. The van der Waals surface area contributed by atoms with Gasteiger partial charge in [0.05, 0.1) is 6.54 Å². The van der Waals surface area contributed by atoms with E-state index < -0.39 is 5.91 Å². The number of amides is 2. The van der Waals surface area contributed by atoms with E-state index in [0.717, 1.165) is 0 Å². The van der Waals surface area contributed by atoms with Crippen molar-refractivity contribution >= 4 is 23.8 Å². The molecule has 16 heavy (non-hydrogen) atoms. The van der Waals surface area contributed by atoms with Crippen LogP contribution in [-0.4, -0.2) is 29.6 Å². The molecule has 6 nitrogen and oxygen atoms in total. The Morgan fingerprint density at radius 2 is 2.25 bits per heavy atom. The van der Waals surface area contributed by atoms with Crippen molar-refractivity contribution in [1.82, 2.24) is 4.98 Å². The topological polar surface area (TPSA) is 93.4 Å². The summed E-state index contributed by atoms with van der Waals surface area (Å²) < 4.78 is 0. The van der Waals surface area contributed by atoms with Crippen molar-refractivity contribution in [2.24, 2.45) is 5.73 Å². The average Bonchev–Trinajstić information content (AvgIpc) is 2.25. The number of hydrogen-bond acceptors (Lipinski definition) is 4. The van der Waals surface area contributed by atoms with Crippen molar-refractivity contribution in [2.75, 3.05) is 11.4 Å². The van der Waals surface area contributed by atoms with E-state index in [2.05, 4.69) is 4.98 Å². The maximum Gasteiger partial charge on any atom is 0.267 e. The highest BCUT2D eigenvalue weighted by Gasteiger charge is 2.10. The van der Waals surface area contributed by atoms with Gasteiger partial charge in [-0.25, -0.2) is 0 Å². The zero-order chi connectivity index (χ0) is 12.1. The molecule has 1 aromatic rings. The van der Waals surface area contributed by atoms with Crippen LogP contribution in [0, 0.1) is 0 Å². The molecular formula is C10H11N3O3. The number of anilines is 1. The van der Waals surface area contributed by atoms with Gasteiger partial charge in [-0.3, -0.25) is 19.4 Å². The number of pyridine rings is 1. The zero-order valence-corrected chi connectivity index (χ0v) is 8.71. The van der Waals surface area contributed by atoms with Gasteiger partial charge >= 0.3 is 0 Å². The maximum absolute atomic E-state index is 10.9. The smallest absolute Gasteiger partial charge is 0.267 e. The van der Waals surface area contributed by atoms with Crippen LogP contribution in [0.4, 0.5) is 5.69 Å². The fourth-order valence-electron chi connectivity index (χ4n) is 1.16. The minimum absolute atomic E-state index is 0.0490. The van der Waals surface area contributed by atoms with Crippen molar-refractivity contribution in [3.63, 3.8) is 0 Å². The predicted molar refractivity (Wildman–Crippen MR) is 56.8 cm³/mol. The SMILES string of the molecule is CC(=O)CN(C=O)c1ccnc(C(N)=O)c1. The van der Waals surface area contributed by atoms with Crippen LogP contribution in [0.2, 0.25) is 0 Å². The number of nitrogens with zero attached hydrogens (tertiary/aromatic N) is 2. The van der Waals surface area contributed by atoms with Crippen molar-refractivity contribution in [2.45, 2.75) is 6.92 Å². The summed E-state index contributed by atoms with van der Waals surface area (Å²) in [6.07, 6.45) is 1.87. The summed E-state index contributed by atoms with van der Waals surface area (Å²) >= 11 is 0. The van der Waals surface area contributed by atoms with E-state index in [1.165, 1.54) is 30.2 Å². The molecule has 0 aliphatic carbocycles. The Hall–Kier alpha value is -2.24. The number of carbonyl (C=O) groups is 3. The van der Waals surface area contributed by atoms with E-state index >= 15 is 0 Å². The Kier molecular flexibility index (Phi) is 3.71. The monoisotopic (exact) mass is 221 g/mol. The molecular weight excluding hydrogens is 210 g/mol. The molecule has 0 aromatic carbocycles. The van der Waals surface area contributed by atoms with Gasteiger partial charge < -0.3 is 10.6 Å². The van der Waals surface area contributed by atoms with Crippen LogP contribution in [0.1, 0.15) is 17.4 Å². The molecule has 0 radical (unpaired) electrons. The van der Waals surface area contributed by atoms with Crippen LogP contribution >= 0.6 is 0 Å². The molecule has 1 aromatic heterocycles. The lowest BCUT2D eigenvalue weighted by Gasteiger charge is -2.15. The number of Topliss-reactive ketones (excluding diaryl/α,β-unsaturated/α-hetero) is 1. The third-order valence-electron chi connectivity index (χ3n) is 1.85. The lowest BCUT2D eigenvalue weighted by Crippen LogP contribution is -2.27. The highest BCUT2D eigenvalue weighted by molar-refractivity contribution is 5.93. The van der Waals surface area contributed by atoms with Crippen molar-refractivity contribution in [3.8, 4) is 0 Å². The fraction of sp³-hybridized carbons (Fsp3) is 0.200. The first-order valence-corrected chi connectivity index (χ1v) is 4.52. The highest BCUT2D eigenvalue weighted by Crippen LogP contribution is 2.12. The molecule has 0 atom stereocenters. The number of nitrogens with two attached hydrogens (primary N) is 1. The largest absolute Gasteiger partial charge is 0.364 e. The number of carbonyl (C=O) groups excluding carboxylic acids is 3. The summed E-state index contributed by atoms with van der Waals surface area (Å²) in [7, 11) is 0. The van der Waals surface area contributed by atoms with E-state index in [-0.39, 0.29) is 18.0 Å². The van der Waals surface area contributed by atoms with Crippen LogP contribution in [0.15, 0.2) is 18.3 Å². The van der Waals surface area contributed by atoms with E-state index in [4.69, 9.17) is 5.73 Å². The van der Waals surface area contributed by atoms with Crippen LogP contribution < -0.4 is 10.6 Å². The van der Waals surface area contributed by atoms with E-state index in [9.17, 15) is 14.4 Å². The zero-order valence-electron chi connectivity index (χ0n) is 8.71. The number of hydrogen-bond donors (Lipinski definition) is 1. The molecule has 0 saturated heterocycles. The van der Waals surface area contributed by atoms with Gasteiger partial charge in [0.15, 0.2) is 0 Å². The molecule has 2 amide bonds. The Morgan fingerprint density at radius 3 is 2.75 bits per heavy atom. The number of ketones is 1. The molecule has 0 aliphatic rings. The van der Waals surface area contributed by atoms with Crippen molar-refractivity contribution in [3.05, 3.63) is 24.0 Å². The van der Waals surface area contributed by atoms with Crippen LogP contribution in [0.3, 0.4) is 0 Å². The molecule has 1 rings (SSSR count). The first-order chi connectivity index (χ1) is 7.54. The molecule has 0 saturated carbocycles. The summed E-state index contributed by atoms with van der Waals surface area (Å²) in [4.78, 5) is 37.4. The summed E-state index contributed by atoms with van der Waals surface area (Å²) in [6, 6.07) is 2.88. The minimum Gasteiger partial charge on any atom is -0.364 e. The Balaban J connectivity index is 3.01. The first kappa shape index (κ1) is 11.8. The Labute approximate surface area is 92.1 Å². The molecule has 6 heteroatoms. The Bertz CT molecular complexity index is 431. The summed E-state index contributed by atoms with van der Waals surface area (Å²) in [5.74, 6) is -0.847. The molecule has 84 valence electrons. The minimum atomic E-state index is -0.685. The van der Waals surface area contributed by atoms with E-state index in [0.29, 0.717) is 12.1 Å². The van der Waals surface area contributed by atoms with Gasteiger partial charge in [0, 0.05) is 11.9 Å². The lowest BCUT2D eigenvalue weighted by molar-refractivity contribution is -0.117. The third-order valence-corrected chi connectivity index (χ3v) is 1.85. The highest BCUT2D eigenvalue weighted by atomic mass is 16.2. The molecule has 0 aliphatic heterocycles. The fourth-order valence-corrected chi connectivity index (χ4v) is 1.16. The second-order valence-electron chi connectivity index (χ2n) is 3.20. The third kappa shape index (κ3) is 2.88. The molecule has 0 spiro atoms. The van der Waals surface area contributed by atoms with Gasteiger partial charge in [-0.2, -0.15) is 0 Å². The molecule has 0 fully saturated rings. The van der Waals surface area contributed by atoms with Gasteiger partial charge in [0.2, 0.25) is 6.41 Å². The van der Waals surface area contributed by atoms with Gasteiger partial charge in [0.25, 0.3) is 5.91 Å². The average molecular weight is 221 g/mol. The van der Waals surface area contributed by atoms with Gasteiger partial charge in [-0.05, 0) is 19.1 Å². The molecule has 1 heterocycles. The number of primary amides is 1. The summed E-state index contributed by atoms with van der Waals surface area (Å²) in [5, 5.41) is 0. The second-order valence-corrected chi connectivity index (χ2v) is 3.20. The van der Waals surface area contributed by atoms with Crippen molar-refractivity contribution < 1.29 is 14.4 Å². The molecule has 0 unspecified atom stereocenters. The van der Waals surface area contributed by atoms with E-state index in [1.807, 2.05) is 0 Å². The summed E-state index contributed by atoms with van der Waals surface area (Å²) in [5.41, 5.74) is 5.51. The number of rotatable bonds is 5. The predicted octanol–water partition coefficient (Wildman–Crippen LogP) is -0.268. The second kappa shape index (κ2) is 5.01. The van der Waals surface area contributed by atoms with Gasteiger partial charge in [0.1, 0.15) is 11.5 Å². The van der Waals surface area contributed by atoms with Gasteiger partial charge in [-0.1, -0.05) is 0 Å². The van der Waals surface area contributed by atoms with Crippen LogP contribution in [-0.2, 0) is 9.59 Å². The van der Waals surface area contributed by atoms with Gasteiger partial charge in [-0.15, -0.1) is 0 Å². The molecule has 0 bridgehead atoms. The van der Waals surface area contributed by atoms with Crippen molar-refractivity contribution in [1.29, 1.82) is 0 Å². The standard InChI is InChI=1S/C10H11N3O3/c1-7(15)5-13(6-14)8-2-3-12-9(4-8)10(11)16/h2-4,6H,5H2,1H3,(H2,11,16). The quantitative estimate of drug-likeness (QED) is 0.692. The maximum atomic E-state index is 10.9. The van der Waals surface area contributed by atoms with Crippen LogP contribution in [0.25, 0.3) is 0 Å². The number of aromatic nitrogens is 1. The first-order valence-electron chi connectivity index (χ1n) is 4.52. The molecule has 2 N–H and O–H groups in total. The van der Waals surface area contributed by atoms with Crippen LogP contribution in [0.5, 0.6) is 0 Å². The van der Waals surface area contributed by atoms with E-state index in [1.54, 1.807) is 0 Å².